The van der Waals surface area contributed by atoms with Gasteiger partial charge in [-0.05, 0) is 84.0 Å². The lowest BCUT2D eigenvalue weighted by atomic mass is 10.1. The van der Waals surface area contributed by atoms with Gasteiger partial charge in [-0.1, -0.05) is 51.4 Å². The van der Waals surface area contributed by atoms with Crippen LogP contribution in [0.4, 0.5) is 22.7 Å². The molecule has 31 heteroatoms. The molecule has 0 unspecified atom stereocenters. The molecule has 2 aromatic carbocycles. The van der Waals surface area contributed by atoms with Crippen molar-refractivity contribution in [2.75, 3.05) is 59.2 Å². The van der Waals surface area contributed by atoms with E-state index in [-0.39, 0.29) is 98.4 Å². The summed E-state index contributed by atoms with van der Waals surface area (Å²) in [4.78, 5) is 27.3. The normalized spacial score (nSPS) is 14.3. The highest BCUT2D eigenvalue weighted by Crippen LogP contribution is 2.38. The fraction of sp³-hybridized carbons (Fsp3) is 0.348. The molecule has 0 saturated carbocycles. The Morgan fingerprint density at radius 2 is 1.16 bits per heavy atom. The fourth-order valence-corrected chi connectivity index (χ4v) is 12.3. The Kier molecular flexibility index (Phi) is 19.2. The number of hydrogen-bond acceptors (Lipinski definition) is 20. The van der Waals surface area contributed by atoms with Gasteiger partial charge in [-0.2, -0.15) is 27.0 Å². The predicted octanol–water partition coefficient (Wildman–Crippen LogP) is 6.14. The van der Waals surface area contributed by atoms with Crippen molar-refractivity contribution < 1.29 is 53.4 Å². The highest BCUT2D eigenvalue weighted by molar-refractivity contribution is 7.92. The fourth-order valence-electron chi connectivity index (χ4n) is 7.21. The number of thiophene rings is 2. The maximum absolute atomic E-state index is 13.4. The number of rotatable bonds is 17. The smallest absolute Gasteiger partial charge is 0.286 e. The molecular weight excluding hydrogens is 1140 g/mol. The predicted molar refractivity (Wildman–Crippen MR) is 299 cm³/mol. The number of methoxy groups -OCH3 is 2. The van der Waals surface area contributed by atoms with E-state index in [4.69, 9.17) is 16.3 Å². The van der Waals surface area contributed by atoms with Crippen LogP contribution < -0.4 is 30.8 Å². The van der Waals surface area contributed by atoms with Crippen molar-refractivity contribution >= 4 is 109 Å². The van der Waals surface area contributed by atoms with Gasteiger partial charge >= 0.3 is 0 Å². The molecule has 77 heavy (non-hydrogen) atoms. The van der Waals surface area contributed by atoms with E-state index in [0.717, 1.165) is 28.9 Å². The molecule has 0 bridgehead atoms. The Bertz CT molecular complexity index is 3790. The first-order valence-electron chi connectivity index (χ1n) is 22.9. The third kappa shape index (κ3) is 14.5. The van der Waals surface area contributed by atoms with Gasteiger partial charge in [0.05, 0.1) is 39.3 Å². The number of halogens is 1. The van der Waals surface area contributed by atoms with Gasteiger partial charge in [0.25, 0.3) is 31.2 Å². The van der Waals surface area contributed by atoms with Crippen LogP contribution in [0.1, 0.15) is 51.7 Å². The molecule has 0 atom stereocenters. The standard InChI is InChI=1S/C23H27N5O7S3.C21H23N5O6S3.C2H5ClO/c1-14(2)9-10-27-23(30)19(21(29)20(25-27)17-6-5-11-36-17)22-24-16-8-7-15(12-18(16)38(33,34)26-22)28(13-35-3)37(4,31)32;1-12(2)8-9-26-21(28)17(19(27)18(23-26)15-5-4-10-33-15)20-22-14-7-6-13(24-34(3,29)30)11-16(14)35(31,32)25-20;1-4-2-3/h5-8,11-12,14,29H,9-10,13H2,1-4H3,(H,24,26);4-7,10-12,24,27H,8-9H2,1-3H3,(H,22,25);2H2,1H3. The van der Waals surface area contributed by atoms with Gasteiger partial charge in [-0.15, -0.1) is 31.5 Å². The maximum Gasteiger partial charge on any atom is 0.286 e. The molecule has 24 nitrogen and oxygen atoms in total. The molecule has 416 valence electrons. The summed E-state index contributed by atoms with van der Waals surface area (Å²) in [7, 11) is -13.3. The molecule has 0 aliphatic carbocycles. The third-order valence-corrected chi connectivity index (χ3v) is 17.2. The number of hydrogen-bond donors (Lipinski definition) is 5. The molecule has 0 radical (unpaired) electrons. The molecule has 0 saturated heterocycles. The Morgan fingerprint density at radius 3 is 1.53 bits per heavy atom. The summed E-state index contributed by atoms with van der Waals surface area (Å²) >= 11 is 7.57. The highest BCUT2D eigenvalue weighted by atomic mass is 35.5. The molecule has 8 rings (SSSR count). The number of aromatic hydroxyl groups is 2. The van der Waals surface area contributed by atoms with Gasteiger partial charge in [-0.25, -0.2) is 30.5 Å². The summed E-state index contributed by atoms with van der Waals surface area (Å²) in [5.41, 5.74) is -1.54. The van der Waals surface area contributed by atoms with Crippen LogP contribution in [-0.2, 0) is 62.7 Å². The number of fused-ring (bicyclic) bond motifs is 2. The summed E-state index contributed by atoms with van der Waals surface area (Å²) in [6, 6.07) is 15.0. The van der Waals surface area contributed by atoms with Gasteiger partial charge in [-0.3, -0.25) is 14.3 Å². The lowest BCUT2D eigenvalue weighted by Gasteiger charge is -2.24. The largest absolute Gasteiger partial charge is 0.505 e. The van der Waals surface area contributed by atoms with E-state index in [1.54, 1.807) is 42.1 Å². The number of anilines is 4. The highest BCUT2D eigenvalue weighted by Gasteiger charge is 2.34. The Labute approximate surface area is 457 Å². The molecule has 2 aliphatic rings. The van der Waals surface area contributed by atoms with Crippen molar-refractivity contribution in [1.29, 1.82) is 0 Å². The molecule has 6 aromatic rings. The van der Waals surface area contributed by atoms with Crippen LogP contribution in [0.3, 0.4) is 0 Å². The van der Waals surface area contributed by atoms with E-state index in [1.165, 1.54) is 63.4 Å². The first-order valence-corrected chi connectivity index (χ1v) is 31.8. The molecular formula is C46H55ClN10O14S6. The van der Waals surface area contributed by atoms with Gasteiger partial charge in [0.1, 0.15) is 45.1 Å². The summed E-state index contributed by atoms with van der Waals surface area (Å²) in [5, 5.41) is 40.0. The SMILES string of the molecule is CC(C)CCn1nc(-c2cccs2)c(O)c(C2=NS(=O)(=O)c3cc(NS(C)(=O)=O)ccc3N2)c1=O.COCCl.COCN(c1ccc2c(c1)S(=O)(=O)N=C(c1c(O)c(-c3cccs3)nn(CCC(C)C)c1=O)N2)S(C)(=O)=O. The van der Waals surface area contributed by atoms with Gasteiger partial charge < -0.3 is 30.3 Å². The summed E-state index contributed by atoms with van der Waals surface area (Å²) in [6.07, 6.45) is 3.18. The molecule has 4 aromatic heterocycles. The average Bonchev–Trinajstić information content (AvgIpc) is 4.10. The minimum atomic E-state index is -4.41. The number of benzene rings is 2. The Balaban J connectivity index is 0.000000234. The number of sulfonamides is 4. The molecule has 0 spiro atoms. The number of alkyl halides is 1. The van der Waals surface area contributed by atoms with Crippen molar-refractivity contribution in [2.45, 2.75) is 63.4 Å². The quantitative estimate of drug-likeness (QED) is 0.0506. The lowest BCUT2D eigenvalue weighted by Crippen LogP contribution is -2.35. The topological polar surface area (TPSA) is 329 Å². The van der Waals surface area contributed by atoms with Gasteiger partial charge in [0.2, 0.25) is 20.0 Å². The van der Waals surface area contributed by atoms with E-state index in [2.05, 4.69) is 39.1 Å². The number of amidine groups is 2. The average molecular weight is 1200 g/mol. The molecule has 5 N–H and O–H groups in total. The summed E-state index contributed by atoms with van der Waals surface area (Å²) < 4.78 is 122. The molecule has 2 aliphatic heterocycles. The van der Waals surface area contributed by atoms with Crippen LogP contribution in [-0.4, -0.2) is 115 Å². The second-order valence-corrected chi connectivity index (χ2v) is 26.7. The van der Waals surface area contributed by atoms with Crippen LogP contribution in [0.2, 0.25) is 0 Å². The lowest BCUT2D eigenvalue weighted by molar-refractivity contribution is 0.210. The third-order valence-electron chi connectivity index (χ3n) is 10.9. The van der Waals surface area contributed by atoms with E-state index >= 15 is 0 Å². The number of aryl methyl sites for hydroxylation is 2. The second-order valence-electron chi connectivity index (χ2n) is 17.8. The van der Waals surface area contributed by atoms with E-state index < -0.39 is 62.7 Å². The minimum absolute atomic E-state index is 0.0399. The number of nitrogens with zero attached hydrogens (tertiary/aromatic N) is 7. The minimum Gasteiger partial charge on any atom is -0.505 e. The number of aromatic nitrogens is 4. The summed E-state index contributed by atoms with van der Waals surface area (Å²) in [6.45, 7) is 8.17. The molecule has 6 heterocycles. The molecule has 0 fully saturated rings. The van der Waals surface area contributed by atoms with E-state index in [1.807, 2.05) is 27.7 Å². The van der Waals surface area contributed by atoms with Crippen molar-refractivity contribution in [2.24, 2.45) is 20.6 Å². The van der Waals surface area contributed by atoms with Crippen molar-refractivity contribution in [3.8, 4) is 32.6 Å². The monoisotopic (exact) mass is 1200 g/mol. The maximum atomic E-state index is 13.4. The Hall–Kier alpha value is -6.25. The van der Waals surface area contributed by atoms with Gasteiger partial charge in [0, 0.05) is 33.0 Å². The summed E-state index contributed by atoms with van der Waals surface area (Å²) in [5.74, 6) is -1.15. The van der Waals surface area contributed by atoms with Crippen molar-refractivity contribution in [1.82, 2.24) is 19.6 Å². The van der Waals surface area contributed by atoms with Crippen LogP contribution in [0.25, 0.3) is 21.1 Å². The van der Waals surface area contributed by atoms with E-state index in [9.17, 15) is 53.5 Å². The first-order chi connectivity index (χ1) is 36.1. The number of nitrogens with one attached hydrogen (secondary N) is 3. The zero-order valence-electron chi connectivity index (χ0n) is 42.6. The second kappa shape index (κ2) is 24.6. The van der Waals surface area contributed by atoms with Crippen LogP contribution in [0.15, 0.2) is 99.6 Å². The van der Waals surface area contributed by atoms with Crippen LogP contribution in [0, 0.1) is 11.8 Å². The Morgan fingerprint density at radius 1 is 0.714 bits per heavy atom. The van der Waals surface area contributed by atoms with Crippen molar-refractivity contribution in [3.05, 3.63) is 103 Å². The van der Waals surface area contributed by atoms with E-state index in [0.29, 0.717) is 28.7 Å². The van der Waals surface area contributed by atoms with Gasteiger partial charge in [0.15, 0.2) is 23.2 Å². The first kappa shape index (κ1) is 60.0. The molecule has 0 amide bonds. The zero-order chi connectivity index (χ0) is 56.8. The van der Waals surface area contributed by atoms with Crippen LogP contribution in [0.5, 0.6) is 11.5 Å². The van der Waals surface area contributed by atoms with Crippen LogP contribution >= 0.6 is 34.3 Å². The number of ether oxygens (including phenoxy) is 2. The zero-order valence-corrected chi connectivity index (χ0v) is 48.2. The van der Waals surface area contributed by atoms with Crippen molar-refractivity contribution in [3.63, 3.8) is 0 Å².